The van der Waals surface area contributed by atoms with Crippen LogP contribution in [0.5, 0.6) is 0 Å². The van der Waals surface area contributed by atoms with E-state index in [4.69, 9.17) is 11.6 Å². The molecule has 180 valence electrons. The van der Waals surface area contributed by atoms with Crippen molar-refractivity contribution in [1.29, 1.82) is 0 Å². The number of hydrogen-bond donors (Lipinski definition) is 0. The van der Waals surface area contributed by atoms with Crippen LogP contribution in [-0.4, -0.2) is 0 Å². The molecule has 0 nitrogen and oxygen atoms in total. The number of rotatable bonds is 11. The van der Waals surface area contributed by atoms with Crippen LogP contribution in [0.15, 0.2) is 72.8 Å². The van der Waals surface area contributed by atoms with Crippen molar-refractivity contribution < 1.29 is 0 Å². The lowest BCUT2D eigenvalue weighted by atomic mass is 9.77. The zero-order valence-electron chi connectivity index (χ0n) is 20.9. The van der Waals surface area contributed by atoms with Crippen LogP contribution in [0, 0.1) is 11.8 Å². The maximum absolute atomic E-state index is 5.99. The van der Waals surface area contributed by atoms with Crippen molar-refractivity contribution in [2.24, 2.45) is 11.8 Å². The second kappa shape index (κ2) is 13.1. The van der Waals surface area contributed by atoms with Gasteiger partial charge in [-0.25, -0.2) is 0 Å². The van der Waals surface area contributed by atoms with Crippen molar-refractivity contribution in [3.63, 3.8) is 0 Å². The molecule has 3 aromatic rings. The van der Waals surface area contributed by atoms with Crippen LogP contribution in [0.1, 0.15) is 79.7 Å². The van der Waals surface area contributed by atoms with Crippen LogP contribution in [0.4, 0.5) is 0 Å². The third-order valence-electron chi connectivity index (χ3n) is 7.85. The van der Waals surface area contributed by atoms with Gasteiger partial charge < -0.3 is 0 Å². The van der Waals surface area contributed by atoms with Crippen molar-refractivity contribution in [1.82, 2.24) is 0 Å². The van der Waals surface area contributed by atoms with Gasteiger partial charge in [0.25, 0.3) is 0 Å². The van der Waals surface area contributed by atoms with Crippen molar-refractivity contribution >= 4 is 11.6 Å². The fraction of sp³-hybridized carbons (Fsp3) is 0.455. The Morgan fingerprint density at radius 2 is 0.824 bits per heavy atom. The molecule has 3 aromatic carbocycles. The molecule has 34 heavy (non-hydrogen) atoms. The highest BCUT2D eigenvalue weighted by atomic mass is 35.5. The standard InChI is InChI=1S/C33H41Cl/c1-2-3-26-4-6-27(7-5-26)8-9-28-10-12-29(13-11-28)14-15-30-16-18-31(19-17-30)20-21-32-22-24-33(34)25-23-32/h4-7,16-19,22-25,28-29H,2-3,8-15,20-21H2,1H3. The first-order valence-electron chi connectivity index (χ1n) is 13.6. The zero-order chi connectivity index (χ0) is 23.6. The van der Waals surface area contributed by atoms with Crippen LogP contribution in [0.3, 0.4) is 0 Å². The Morgan fingerprint density at radius 3 is 1.21 bits per heavy atom. The summed E-state index contributed by atoms with van der Waals surface area (Å²) in [6.45, 7) is 2.26. The van der Waals surface area contributed by atoms with Crippen LogP contribution >= 0.6 is 11.6 Å². The van der Waals surface area contributed by atoms with Crippen molar-refractivity contribution in [2.75, 3.05) is 0 Å². The molecule has 4 rings (SSSR count). The number of benzene rings is 3. The summed E-state index contributed by atoms with van der Waals surface area (Å²) in [6, 6.07) is 27.0. The molecule has 0 spiro atoms. The fourth-order valence-electron chi connectivity index (χ4n) is 5.52. The molecule has 1 fully saturated rings. The molecular weight excluding hydrogens is 432 g/mol. The monoisotopic (exact) mass is 472 g/mol. The van der Waals surface area contributed by atoms with Gasteiger partial charge in [0.1, 0.15) is 0 Å². The van der Waals surface area contributed by atoms with Gasteiger partial charge in [0, 0.05) is 5.02 Å². The zero-order valence-corrected chi connectivity index (χ0v) is 21.7. The second-order valence-electron chi connectivity index (χ2n) is 10.5. The average Bonchev–Trinajstić information content (AvgIpc) is 2.88. The quantitative estimate of drug-likeness (QED) is 0.260. The van der Waals surface area contributed by atoms with Gasteiger partial charge >= 0.3 is 0 Å². The van der Waals surface area contributed by atoms with E-state index in [1.165, 1.54) is 92.0 Å². The van der Waals surface area contributed by atoms with Crippen molar-refractivity contribution in [3.05, 3.63) is 106 Å². The van der Waals surface area contributed by atoms with Gasteiger partial charge in [-0.2, -0.15) is 0 Å². The Balaban J connectivity index is 1.12. The summed E-state index contributed by atoms with van der Waals surface area (Å²) in [7, 11) is 0. The third-order valence-corrected chi connectivity index (χ3v) is 8.10. The van der Waals surface area contributed by atoms with E-state index in [9.17, 15) is 0 Å². The van der Waals surface area contributed by atoms with Crippen LogP contribution < -0.4 is 0 Å². The molecule has 0 aliphatic heterocycles. The molecule has 0 aromatic heterocycles. The largest absolute Gasteiger partial charge is 0.0843 e. The minimum Gasteiger partial charge on any atom is -0.0843 e. The van der Waals surface area contributed by atoms with E-state index < -0.39 is 0 Å². The Morgan fingerprint density at radius 1 is 0.500 bits per heavy atom. The van der Waals surface area contributed by atoms with E-state index in [2.05, 4.69) is 67.6 Å². The second-order valence-corrected chi connectivity index (χ2v) is 10.9. The Bertz CT molecular complexity index is 961. The topological polar surface area (TPSA) is 0 Å². The number of hydrogen-bond acceptors (Lipinski definition) is 0. The minimum atomic E-state index is 0.814. The predicted molar refractivity (Wildman–Crippen MR) is 148 cm³/mol. The van der Waals surface area contributed by atoms with Crippen molar-refractivity contribution in [2.45, 2.75) is 84.0 Å². The Kier molecular flexibility index (Phi) is 9.69. The van der Waals surface area contributed by atoms with Gasteiger partial charge in [-0.1, -0.05) is 111 Å². The maximum atomic E-state index is 5.99. The normalized spacial score (nSPS) is 18.2. The molecule has 1 aliphatic carbocycles. The molecule has 0 unspecified atom stereocenters. The lowest BCUT2D eigenvalue weighted by Gasteiger charge is -2.28. The minimum absolute atomic E-state index is 0.814. The first-order chi connectivity index (χ1) is 16.7. The van der Waals surface area contributed by atoms with E-state index in [1.54, 1.807) is 0 Å². The molecule has 1 saturated carbocycles. The summed E-state index contributed by atoms with van der Waals surface area (Å²) in [5, 5.41) is 0.814. The summed E-state index contributed by atoms with van der Waals surface area (Å²) < 4.78 is 0. The summed E-state index contributed by atoms with van der Waals surface area (Å²) in [6.07, 6.45) is 15.6. The highest BCUT2D eigenvalue weighted by molar-refractivity contribution is 6.30. The average molecular weight is 473 g/mol. The van der Waals surface area contributed by atoms with Crippen molar-refractivity contribution in [3.8, 4) is 0 Å². The maximum Gasteiger partial charge on any atom is 0.0406 e. The molecule has 1 aliphatic rings. The number of halogens is 1. The van der Waals surface area contributed by atoms with E-state index in [0.717, 1.165) is 29.7 Å². The van der Waals surface area contributed by atoms with Gasteiger partial charge in [-0.05, 0) is 96.7 Å². The molecule has 0 radical (unpaired) electrons. The summed E-state index contributed by atoms with van der Waals surface area (Å²) >= 11 is 5.99. The van der Waals surface area contributed by atoms with Gasteiger partial charge in [0.2, 0.25) is 0 Å². The van der Waals surface area contributed by atoms with E-state index in [0.29, 0.717) is 0 Å². The van der Waals surface area contributed by atoms with Crippen LogP contribution in [0.25, 0.3) is 0 Å². The van der Waals surface area contributed by atoms with Gasteiger partial charge in [0.05, 0.1) is 0 Å². The Labute approximate surface area is 212 Å². The van der Waals surface area contributed by atoms with Crippen LogP contribution in [-0.2, 0) is 32.1 Å². The predicted octanol–water partition coefficient (Wildman–Crippen LogP) is 9.45. The summed E-state index contributed by atoms with van der Waals surface area (Å²) in [5.41, 5.74) is 7.30. The van der Waals surface area contributed by atoms with E-state index in [1.807, 2.05) is 12.1 Å². The lowest BCUT2D eigenvalue weighted by molar-refractivity contribution is 0.253. The van der Waals surface area contributed by atoms with Gasteiger partial charge in [-0.15, -0.1) is 0 Å². The molecule has 0 atom stereocenters. The molecule has 0 N–H and O–H groups in total. The number of aryl methyl sites for hydroxylation is 5. The van der Waals surface area contributed by atoms with Gasteiger partial charge in [0.15, 0.2) is 0 Å². The molecule has 1 heteroatoms. The molecule has 0 saturated heterocycles. The first kappa shape index (κ1) is 25.1. The third kappa shape index (κ3) is 8.02. The van der Waals surface area contributed by atoms with E-state index in [-0.39, 0.29) is 0 Å². The summed E-state index contributed by atoms with van der Waals surface area (Å²) in [4.78, 5) is 0. The summed E-state index contributed by atoms with van der Waals surface area (Å²) in [5.74, 6) is 1.86. The molecular formula is C33H41Cl. The van der Waals surface area contributed by atoms with E-state index >= 15 is 0 Å². The highest BCUT2D eigenvalue weighted by Crippen LogP contribution is 2.34. The Hall–Kier alpha value is -2.05. The highest BCUT2D eigenvalue weighted by Gasteiger charge is 2.20. The lowest BCUT2D eigenvalue weighted by Crippen LogP contribution is -2.15. The fourth-order valence-corrected chi connectivity index (χ4v) is 5.65. The first-order valence-corrected chi connectivity index (χ1v) is 14.0. The SMILES string of the molecule is CCCc1ccc(CCC2CCC(CCc3ccc(CCc4ccc(Cl)cc4)cc3)CC2)cc1. The molecule has 0 amide bonds. The molecule has 0 heterocycles. The van der Waals surface area contributed by atoms with Crippen LogP contribution in [0.2, 0.25) is 5.02 Å². The molecule has 0 bridgehead atoms. The van der Waals surface area contributed by atoms with Gasteiger partial charge in [-0.3, -0.25) is 0 Å². The smallest absolute Gasteiger partial charge is 0.0406 e.